The molecule has 2 aliphatic heterocycles. The first-order valence-corrected chi connectivity index (χ1v) is 16.3. The number of benzene rings is 2. The summed E-state index contributed by atoms with van der Waals surface area (Å²) >= 11 is 6.24. The summed E-state index contributed by atoms with van der Waals surface area (Å²) in [5.41, 5.74) is 3.07. The largest absolute Gasteiger partial charge is 0.453 e. The second-order valence-corrected chi connectivity index (χ2v) is 12.3. The van der Waals surface area contributed by atoms with Crippen LogP contribution in [0.4, 0.5) is 16.2 Å². The van der Waals surface area contributed by atoms with Gasteiger partial charge in [-0.05, 0) is 72.2 Å². The van der Waals surface area contributed by atoms with E-state index in [1.54, 1.807) is 47.4 Å². The Morgan fingerprint density at radius 2 is 2.00 bits per heavy atom. The number of nitrogens with zero attached hydrogens (tertiary/aromatic N) is 7. The van der Waals surface area contributed by atoms with Gasteiger partial charge in [-0.3, -0.25) is 14.9 Å². The standard InChI is InChI=1S/C33H34ClN11O5/c1-50-33(49)37-21-8-9-23-26(15-21)38-25(32(48)44-13-12-22(46)17-44)5-3-2-4-24(31-40-27(16-35)30(23)41-31)39-29(47)11-6-19-14-20(34)7-10-28(19)45-18-36-42-43-45/h6-11,14-15,18,22,24-25,38,46H,2-5,12-13,17H2,1H3,(H,37,49)(H,39,47)(H,40,41). The van der Waals surface area contributed by atoms with E-state index in [1.165, 1.54) is 24.2 Å². The van der Waals surface area contributed by atoms with Crippen LogP contribution in [0.2, 0.25) is 5.02 Å². The summed E-state index contributed by atoms with van der Waals surface area (Å²) in [6.45, 7) is 0.676. The molecule has 3 amide bonds. The number of tetrazole rings is 1. The van der Waals surface area contributed by atoms with Gasteiger partial charge in [-0.2, -0.15) is 9.94 Å². The van der Waals surface area contributed by atoms with Gasteiger partial charge in [-0.15, -0.1) is 5.10 Å². The van der Waals surface area contributed by atoms with E-state index in [2.05, 4.69) is 47.5 Å². The molecule has 16 nitrogen and oxygen atoms in total. The van der Waals surface area contributed by atoms with E-state index in [4.69, 9.17) is 16.3 Å². The Kier molecular flexibility index (Phi) is 10.4. The van der Waals surface area contributed by atoms with E-state index in [-0.39, 0.29) is 18.1 Å². The minimum absolute atomic E-state index is 0.0846. The number of aliphatic hydroxyl groups excluding tert-OH is 1. The van der Waals surface area contributed by atoms with Gasteiger partial charge in [0.15, 0.2) is 5.69 Å². The maximum atomic E-state index is 13.8. The van der Waals surface area contributed by atoms with E-state index < -0.39 is 30.2 Å². The molecular formula is C33H34ClN11O5. The number of nitrogens with one attached hydrogen (secondary N) is 4. The Hall–Kier alpha value is -5.79. The van der Waals surface area contributed by atoms with Crippen molar-refractivity contribution >= 4 is 47.0 Å². The molecule has 0 spiro atoms. The lowest BCUT2D eigenvalue weighted by Crippen LogP contribution is -2.42. The van der Waals surface area contributed by atoms with Crippen LogP contribution < -0.4 is 16.0 Å². The molecule has 0 radical (unpaired) electrons. The highest BCUT2D eigenvalue weighted by molar-refractivity contribution is 6.30. The number of rotatable bonds is 6. The van der Waals surface area contributed by atoms with Crippen LogP contribution >= 0.6 is 11.6 Å². The monoisotopic (exact) mass is 699 g/mol. The zero-order valence-electron chi connectivity index (χ0n) is 27.0. The molecule has 4 heterocycles. The number of aliphatic hydroxyl groups is 1. The second-order valence-electron chi connectivity index (χ2n) is 11.9. The Labute approximate surface area is 291 Å². The van der Waals surface area contributed by atoms with Gasteiger partial charge in [0.2, 0.25) is 11.8 Å². The molecular weight excluding hydrogens is 666 g/mol. The van der Waals surface area contributed by atoms with Gasteiger partial charge in [-0.25, -0.2) is 9.78 Å². The number of ether oxygens (including phenoxy) is 1. The molecule has 6 rings (SSSR count). The number of amides is 3. The van der Waals surface area contributed by atoms with E-state index in [9.17, 15) is 24.8 Å². The van der Waals surface area contributed by atoms with Gasteiger partial charge in [0.1, 0.15) is 24.3 Å². The highest BCUT2D eigenvalue weighted by Crippen LogP contribution is 2.35. The first-order chi connectivity index (χ1) is 24.2. The zero-order chi connectivity index (χ0) is 35.2. The van der Waals surface area contributed by atoms with Crippen LogP contribution in [0.5, 0.6) is 0 Å². The van der Waals surface area contributed by atoms with Crippen molar-refractivity contribution in [3.8, 4) is 23.0 Å². The third-order valence-electron chi connectivity index (χ3n) is 8.53. The Balaban J connectivity index is 1.32. The molecule has 3 unspecified atom stereocenters. The number of methoxy groups -OCH3 is 1. The SMILES string of the molecule is COC(=O)Nc1ccc2c(c1)NC(C(=O)N1CCC(O)C1)CCCCC(NC(=O)C=Cc1cc(Cl)ccc1-n1cnnn1)c1nc(C#N)c-2[nH]1. The normalized spacial score (nSPS) is 19.0. The molecule has 2 aromatic heterocycles. The average molecular weight is 700 g/mol. The van der Waals surface area contributed by atoms with Gasteiger partial charge < -0.3 is 30.4 Å². The summed E-state index contributed by atoms with van der Waals surface area (Å²) in [6.07, 6.45) is 5.77. The summed E-state index contributed by atoms with van der Waals surface area (Å²) < 4.78 is 6.21. The second kappa shape index (κ2) is 15.2. The van der Waals surface area contributed by atoms with Crippen molar-refractivity contribution in [2.24, 2.45) is 0 Å². The number of aromatic amines is 1. The van der Waals surface area contributed by atoms with Gasteiger partial charge in [-0.1, -0.05) is 24.4 Å². The number of H-pyrrole nitrogens is 1. The maximum absolute atomic E-state index is 13.8. The summed E-state index contributed by atoms with van der Waals surface area (Å²) in [7, 11) is 1.25. The lowest BCUT2D eigenvalue weighted by Gasteiger charge is -2.27. The van der Waals surface area contributed by atoms with Crippen molar-refractivity contribution in [3.63, 3.8) is 0 Å². The Morgan fingerprint density at radius 3 is 2.74 bits per heavy atom. The predicted octanol–water partition coefficient (Wildman–Crippen LogP) is 3.57. The van der Waals surface area contributed by atoms with E-state index in [0.29, 0.717) is 83.4 Å². The van der Waals surface area contributed by atoms with Crippen molar-refractivity contribution in [2.45, 2.75) is 50.3 Å². The fraction of sp³-hybridized carbons (Fsp3) is 0.333. The number of aromatic nitrogens is 6. The summed E-state index contributed by atoms with van der Waals surface area (Å²) in [6, 6.07) is 11.0. The number of nitriles is 1. The van der Waals surface area contributed by atoms with Crippen molar-refractivity contribution < 1.29 is 24.2 Å². The average Bonchev–Trinajstić information content (AvgIpc) is 3.89. The van der Waals surface area contributed by atoms with Crippen LogP contribution in [0, 0.1) is 11.3 Å². The van der Waals surface area contributed by atoms with Crippen LogP contribution in [0.1, 0.15) is 55.2 Å². The highest BCUT2D eigenvalue weighted by atomic mass is 35.5. The van der Waals surface area contributed by atoms with Crippen LogP contribution in [-0.2, 0) is 14.3 Å². The first-order valence-electron chi connectivity index (χ1n) is 16.0. The number of hydrogen-bond acceptors (Lipinski definition) is 11. The number of anilines is 2. The molecule has 1 saturated heterocycles. The molecule has 2 bridgehead atoms. The fourth-order valence-electron chi connectivity index (χ4n) is 6.07. The number of carbonyl (C=O) groups excluding carboxylic acids is 3. The third-order valence-corrected chi connectivity index (χ3v) is 8.77. The fourth-order valence-corrected chi connectivity index (χ4v) is 6.25. The smallest absolute Gasteiger partial charge is 0.411 e. The molecule has 258 valence electrons. The molecule has 4 aromatic rings. The Bertz CT molecular complexity index is 1960. The van der Waals surface area contributed by atoms with Crippen molar-refractivity contribution in [1.29, 1.82) is 5.26 Å². The zero-order valence-corrected chi connectivity index (χ0v) is 27.7. The van der Waals surface area contributed by atoms with Crippen molar-refractivity contribution in [2.75, 3.05) is 30.8 Å². The maximum Gasteiger partial charge on any atom is 0.411 e. The van der Waals surface area contributed by atoms with E-state index in [0.717, 1.165) is 0 Å². The molecule has 3 atom stereocenters. The van der Waals surface area contributed by atoms with E-state index >= 15 is 0 Å². The quantitative estimate of drug-likeness (QED) is 0.183. The molecule has 5 N–H and O–H groups in total. The number of likely N-dealkylation sites (tertiary alicyclic amines) is 1. The summed E-state index contributed by atoms with van der Waals surface area (Å²) in [5, 5.41) is 41.0. The van der Waals surface area contributed by atoms with Gasteiger partial charge in [0.05, 0.1) is 30.6 Å². The minimum Gasteiger partial charge on any atom is -0.453 e. The molecule has 0 aliphatic carbocycles. The molecule has 2 aliphatic rings. The molecule has 17 heteroatoms. The third kappa shape index (κ3) is 7.74. The van der Waals surface area contributed by atoms with Gasteiger partial charge >= 0.3 is 6.09 Å². The van der Waals surface area contributed by atoms with Crippen LogP contribution in [-0.4, -0.2) is 90.4 Å². The number of fused-ring (bicyclic) bond motifs is 4. The topological polar surface area (TPSA) is 216 Å². The number of β-amino-alcohol motifs (C(OH)–C–C–N with tert-alkyl or cyclic N) is 1. The summed E-state index contributed by atoms with van der Waals surface area (Å²) in [4.78, 5) is 48.6. The van der Waals surface area contributed by atoms with Gasteiger partial charge in [0, 0.05) is 46.7 Å². The van der Waals surface area contributed by atoms with Crippen LogP contribution in [0.15, 0.2) is 48.8 Å². The van der Waals surface area contributed by atoms with Crippen molar-refractivity contribution in [1.82, 2.24) is 40.4 Å². The summed E-state index contributed by atoms with van der Waals surface area (Å²) in [5.74, 6) is -0.196. The van der Waals surface area contributed by atoms with Gasteiger partial charge in [0.25, 0.3) is 0 Å². The highest BCUT2D eigenvalue weighted by Gasteiger charge is 2.31. The number of imidazole rings is 1. The van der Waals surface area contributed by atoms with Crippen LogP contribution in [0.25, 0.3) is 23.0 Å². The molecule has 2 aromatic carbocycles. The van der Waals surface area contributed by atoms with Crippen LogP contribution in [0.3, 0.4) is 0 Å². The number of hydrogen-bond donors (Lipinski definition) is 5. The molecule has 1 fully saturated rings. The predicted molar refractivity (Wildman–Crippen MR) is 182 cm³/mol. The first kappa shape index (κ1) is 34.1. The van der Waals surface area contributed by atoms with E-state index in [1.807, 2.05) is 0 Å². The lowest BCUT2D eigenvalue weighted by atomic mass is 10.0. The Morgan fingerprint density at radius 1 is 1.16 bits per heavy atom. The molecule has 0 saturated carbocycles. The number of carbonyl (C=O) groups is 3. The number of halogens is 1. The lowest BCUT2D eigenvalue weighted by molar-refractivity contribution is -0.131. The molecule has 50 heavy (non-hydrogen) atoms. The minimum atomic E-state index is -0.678. The van der Waals surface area contributed by atoms with Crippen molar-refractivity contribution in [3.05, 3.63) is 70.9 Å².